The summed E-state index contributed by atoms with van der Waals surface area (Å²) in [4.78, 5) is 38.9. The number of amides is 3. The van der Waals surface area contributed by atoms with Gasteiger partial charge in [0.1, 0.15) is 0 Å². The number of aromatic nitrogens is 3. The summed E-state index contributed by atoms with van der Waals surface area (Å²) in [5, 5.41) is 11.6. The molecule has 9 nitrogen and oxygen atoms in total. The Morgan fingerprint density at radius 1 is 1.22 bits per heavy atom. The fraction of sp³-hybridized carbons (Fsp3) is 0.706. The maximum absolute atomic E-state index is 12.2. The van der Waals surface area contributed by atoms with Crippen LogP contribution in [0.15, 0.2) is 5.16 Å². The molecule has 0 atom stereocenters. The number of rotatable bonds is 8. The molecule has 1 aromatic rings. The monoisotopic (exact) mass is 396 g/mol. The maximum atomic E-state index is 12.2. The van der Waals surface area contributed by atoms with Gasteiger partial charge in [0.05, 0.1) is 18.8 Å². The van der Waals surface area contributed by atoms with Crippen LogP contribution in [0.1, 0.15) is 38.4 Å². The first-order valence-corrected chi connectivity index (χ1v) is 10.2. The average molecular weight is 397 g/mol. The number of likely N-dealkylation sites (N-methyl/N-ethyl adjacent to an activating group) is 1. The number of thioether (sulfide) groups is 1. The molecule has 2 heterocycles. The Labute approximate surface area is 163 Å². The molecule has 1 saturated heterocycles. The minimum Gasteiger partial charge on any atom is -0.347 e. The zero-order valence-corrected chi connectivity index (χ0v) is 17.0. The smallest absolute Gasteiger partial charge is 0.241 e. The highest BCUT2D eigenvalue weighted by Gasteiger charge is 2.21. The number of likely N-dealkylation sites (tertiary alicyclic amines) is 1. The van der Waals surface area contributed by atoms with Crippen molar-refractivity contribution in [1.29, 1.82) is 0 Å². The van der Waals surface area contributed by atoms with Gasteiger partial charge < -0.3 is 19.7 Å². The van der Waals surface area contributed by atoms with Gasteiger partial charge in [-0.15, -0.1) is 10.2 Å². The number of carbonyl (C=O) groups is 3. The van der Waals surface area contributed by atoms with E-state index in [1.165, 1.54) is 16.7 Å². The molecule has 0 aliphatic carbocycles. The van der Waals surface area contributed by atoms with Gasteiger partial charge in [-0.25, -0.2) is 0 Å². The van der Waals surface area contributed by atoms with E-state index >= 15 is 0 Å². The van der Waals surface area contributed by atoms with Crippen LogP contribution in [0.4, 0.5) is 0 Å². The van der Waals surface area contributed by atoms with Gasteiger partial charge in [0, 0.05) is 33.6 Å². The van der Waals surface area contributed by atoms with E-state index in [-0.39, 0.29) is 30.0 Å². The molecule has 0 aromatic carbocycles. The Morgan fingerprint density at radius 2 is 2.00 bits per heavy atom. The molecule has 3 amide bonds. The molecule has 0 unspecified atom stereocenters. The summed E-state index contributed by atoms with van der Waals surface area (Å²) >= 11 is 1.28. The van der Waals surface area contributed by atoms with E-state index in [0.717, 1.165) is 31.6 Å². The molecule has 1 fully saturated rings. The van der Waals surface area contributed by atoms with Crippen molar-refractivity contribution in [2.24, 2.45) is 0 Å². The lowest BCUT2D eigenvalue weighted by molar-refractivity contribution is -0.131. The lowest BCUT2D eigenvalue weighted by Crippen LogP contribution is -2.37. The van der Waals surface area contributed by atoms with Crippen molar-refractivity contribution in [3.63, 3.8) is 0 Å². The Kier molecular flexibility index (Phi) is 8.08. The number of carbonyl (C=O) groups excluding carboxylic acids is 3. The Bertz CT molecular complexity index is 676. The van der Waals surface area contributed by atoms with Gasteiger partial charge in [-0.3, -0.25) is 14.4 Å². The summed E-state index contributed by atoms with van der Waals surface area (Å²) in [5.41, 5.74) is 0. The van der Waals surface area contributed by atoms with E-state index in [2.05, 4.69) is 15.5 Å². The molecule has 27 heavy (non-hydrogen) atoms. The van der Waals surface area contributed by atoms with Crippen LogP contribution >= 0.6 is 11.8 Å². The van der Waals surface area contributed by atoms with Gasteiger partial charge in [-0.05, 0) is 19.8 Å². The van der Waals surface area contributed by atoms with E-state index in [1.807, 2.05) is 16.4 Å². The standard InChI is InChI=1S/C17H28N6O3S/c1-4-23-13(11-22-9-7-5-6-8-15(22)25)19-20-17(23)27-12-14(24)18-10-16(26)21(2)3/h4-12H2,1-3H3,(H,18,24). The van der Waals surface area contributed by atoms with Crippen LogP contribution in [0.5, 0.6) is 0 Å². The first-order chi connectivity index (χ1) is 12.9. The molecule has 150 valence electrons. The predicted molar refractivity (Wildman–Crippen MR) is 102 cm³/mol. The number of hydrogen-bond acceptors (Lipinski definition) is 6. The normalized spacial score (nSPS) is 14.8. The van der Waals surface area contributed by atoms with Gasteiger partial charge in [0.25, 0.3) is 0 Å². The van der Waals surface area contributed by atoms with Crippen LogP contribution < -0.4 is 5.32 Å². The summed E-state index contributed by atoms with van der Waals surface area (Å²) in [6, 6.07) is 0. The lowest BCUT2D eigenvalue weighted by Gasteiger charge is -2.20. The van der Waals surface area contributed by atoms with Crippen LogP contribution in [-0.2, 0) is 27.5 Å². The van der Waals surface area contributed by atoms with Gasteiger partial charge in [0.2, 0.25) is 17.7 Å². The minimum atomic E-state index is -0.231. The molecule has 1 aliphatic heterocycles. The van der Waals surface area contributed by atoms with Crippen molar-refractivity contribution >= 4 is 29.5 Å². The minimum absolute atomic E-state index is 0.0187. The zero-order valence-electron chi connectivity index (χ0n) is 16.2. The van der Waals surface area contributed by atoms with Gasteiger partial charge in [0.15, 0.2) is 11.0 Å². The molecule has 1 aliphatic rings. The highest BCUT2D eigenvalue weighted by Crippen LogP contribution is 2.19. The first kappa shape index (κ1) is 21.2. The molecule has 0 bridgehead atoms. The number of nitrogens with one attached hydrogen (secondary N) is 1. The summed E-state index contributed by atoms with van der Waals surface area (Å²) in [5.74, 6) is 0.664. The van der Waals surface area contributed by atoms with Crippen molar-refractivity contribution in [2.75, 3.05) is 32.9 Å². The van der Waals surface area contributed by atoms with E-state index in [9.17, 15) is 14.4 Å². The van der Waals surface area contributed by atoms with Gasteiger partial charge in [-0.2, -0.15) is 0 Å². The molecule has 2 rings (SSSR count). The van der Waals surface area contributed by atoms with Gasteiger partial charge >= 0.3 is 0 Å². The summed E-state index contributed by atoms with van der Waals surface area (Å²) < 4.78 is 1.93. The van der Waals surface area contributed by atoms with Crippen LogP contribution in [-0.4, -0.2) is 75.2 Å². The van der Waals surface area contributed by atoms with Crippen molar-refractivity contribution in [3.8, 4) is 0 Å². The van der Waals surface area contributed by atoms with E-state index < -0.39 is 0 Å². The van der Waals surface area contributed by atoms with E-state index in [4.69, 9.17) is 0 Å². The first-order valence-electron chi connectivity index (χ1n) is 9.21. The SMILES string of the molecule is CCn1c(CN2CCCCCC2=O)nnc1SCC(=O)NCC(=O)N(C)C. The Morgan fingerprint density at radius 3 is 2.70 bits per heavy atom. The van der Waals surface area contributed by atoms with Crippen molar-refractivity contribution in [1.82, 2.24) is 29.9 Å². The van der Waals surface area contributed by atoms with Crippen LogP contribution in [0.3, 0.4) is 0 Å². The average Bonchev–Trinajstić information content (AvgIpc) is 2.92. The van der Waals surface area contributed by atoms with Crippen molar-refractivity contribution in [3.05, 3.63) is 5.82 Å². The Hall–Kier alpha value is -2.10. The fourth-order valence-corrected chi connectivity index (χ4v) is 3.60. The maximum Gasteiger partial charge on any atom is 0.241 e. The second-order valence-corrected chi connectivity index (χ2v) is 7.57. The Balaban J connectivity index is 1.91. The van der Waals surface area contributed by atoms with Crippen LogP contribution in [0.2, 0.25) is 0 Å². The summed E-state index contributed by atoms with van der Waals surface area (Å²) in [6.07, 6.45) is 3.63. The quantitative estimate of drug-likeness (QED) is 0.642. The third-order valence-electron chi connectivity index (χ3n) is 4.38. The highest BCUT2D eigenvalue weighted by molar-refractivity contribution is 7.99. The molecule has 0 saturated carbocycles. The van der Waals surface area contributed by atoms with Crippen LogP contribution in [0.25, 0.3) is 0 Å². The summed E-state index contributed by atoms with van der Waals surface area (Å²) in [6.45, 7) is 3.82. The second-order valence-electron chi connectivity index (χ2n) is 6.62. The van der Waals surface area contributed by atoms with Crippen molar-refractivity contribution in [2.45, 2.75) is 50.9 Å². The topological polar surface area (TPSA) is 100 Å². The second kappa shape index (κ2) is 10.3. The fourth-order valence-electron chi connectivity index (χ4n) is 2.75. The summed E-state index contributed by atoms with van der Waals surface area (Å²) in [7, 11) is 3.28. The lowest BCUT2D eigenvalue weighted by atomic mass is 10.2. The molecule has 1 N–H and O–H groups in total. The molecular formula is C17H28N6O3S. The molecule has 1 aromatic heterocycles. The predicted octanol–water partition coefficient (Wildman–Crippen LogP) is 0.497. The largest absolute Gasteiger partial charge is 0.347 e. The molecule has 10 heteroatoms. The highest BCUT2D eigenvalue weighted by atomic mass is 32.2. The molecule has 0 spiro atoms. The molecule has 0 radical (unpaired) electrons. The zero-order chi connectivity index (χ0) is 19.8. The van der Waals surface area contributed by atoms with Crippen molar-refractivity contribution < 1.29 is 14.4 Å². The third-order valence-corrected chi connectivity index (χ3v) is 5.35. The number of hydrogen-bond donors (Lipinski definition) is 1. The van der Waals surface area contributed by atoms with Crippen LogP contribution in [0, 0.1) is 0 Å². The van der Waals surface area contributed by atoms with E-state index in [1.54, 1.807) is 14.1 Å². The number of nitrogens with zero attached hydrogens (tertiary/aromatic N) is 5. The molecular weight excluding hydrogens is 368 g/mol. The van der Waals surface area contributed by atoms with Gasteiger partial charge in [-0.1, -0.05) is 18.2 Å². The van der Waals surface area contributed by atoms with E-state index in [0.29, 0.717) is 24.7 Å². The third kappa shape index (κ3) is 6.23.